The average Bonchev–Trinajstić information content (AvgIpc) is 3.07. The van der Waals surface area contributed by atoms with E-state index in [4.69, 9.17) is 0 Å². The van der Waals surface area contributed by atoms with Crippen LogP contribution in [0.4, 0.5) is 0 Å². The van der Waals surface area contributed by atoms with Gasteiger partial charge in [-0.15, -0.1) is 0 Å². The third-order valence-corrected chi connectivity index (χ3v) is 4.44. The van der Waals surface area contributed by atoms with Crippen LogP contribution in [0.5, 0.6) is 0 Å². The summed E-state index contributed by atoms with van der Waals surface area (Å²) in [5, 5.41) is 8.23. The SMILES string of the molecule is O=C(N/N=C\c1ccc(Br)cc1)c1ccn(Cc2ccc(Br)cc2)n1. The zero-order valence-corrected chi connectivity index (χ0v) is 16.2. The summed E-state index contributed by atoms with van der Waals surface area (Å²) < 4.78 is 3.74. The van der Waals surface area contributed by atoms with Crippen LogP contribution in [0.25, 0.3) is 0 Å². The van der Waals surface area contributed by atoms with E-state index in [1.54, 1.807) is 23.2 Å². The largest absolute Gasteiger partial charge is 0.291 e. The maximum absolute atomic E-state index is 12.1. The summed E-state index contributed by atoms with van der Waals surface area (Å²) in [6.07, 6.45) is 3.36. The lowest BCUT2D eigenvalue weighted by atomic mass is 10.2. The molecule has 25 heavy (non-hydrogen) atoms. The Bertz CT molecular complexity index is 886. The molecule has 7 heteroatoms. The van der Waals surface area contributed by atoms with Gasteiger partial charge < -0.3 is 0 Å². The summed E-state index contributed by atoms with van der Waals surface area (Å²) >= 11 is 6.78. The first-order chi connectivity index (χ1) is 12.1. The fourth-order valence-electron chi connectivity index (χ4n) is 2.12. The van der Waals surface area contributed by atoms with E-state index >= 15 is 0 Å². The fourth-order valence-corrected chi connectivity index (χ4v) is 2.65. The Hall–Kier alpha value is -2.25. The molecule has 0 radical (unpaired) electrons. The van der Waals surface area contributed by atoms with Gasteiger partial charge in [0.25, 0.3) is 5.91 Å². The second-order valence-electron chi connectivity index (χ2n) is 5.28. The van der Waals surface area contributed by atoms with Gasteiger partial charge in [-0.25, -0.2) is 5.43 Å². The molecule has 1 heterocycles. The van der Waals surface area contributed by atoms with Gasteiger partial charge in [0.1, 0.15) is 0 Å². The van der Waals surface area contributed by atoms with Gasteiger partial charge in [0.15, 0.2) is 5.69 Å². The lowest BCUT2D eigenvalue weighted by Gasteiger charge is -2.02. The Morgan fingerprint density at radius 3 is 2.36 bits per heavy atom. The number of aromatic nitrogens is 2. The van der Waals surface area contributed by atoms with Crippen LogP contribution in [0.3, 0.4) is 0 Å². The van der Waals surface area contributed by atoms with E-state index in [-0.39, 0.29) is 5.91 Å². The molecule has 0 aliphatic rings. The summed E-state index contributed by atoms with van der Waals surface area (Å²) in [5.41, 5.74) is 4.80. The van der Waals surface area contributed by atoms with Crippen molar-refractivity contribution >= 4 is 44.0 Å². The third-order valence-electron chi connectivity index (χ3n) is 3.38. The maximum atomic E-state index is 12.1. The molecule has 0 saturated heterocycles. The predicted molar refractivity (Wildman–Crippen MR) is 105 cm³/mol. The molecular formula is C18H14Br2N4O. The Kier molecular flexibility index (Phi) is 5.78. The summed E-state index contributed by atoms with van der Waals surface area (Å²) in [6, 6.07) is 17.2. The molecule has 1 N–H and O–H groups in total. The molecule has 1 aromatic heterocycles. The van der Waals surface area contributed by atoms with E-state index < -0.39 is 0 Å². The van der Waals surface area contributed by atoms with Gasteiger partial charge in [-0.3, -0.25) is 9.48 Å². The van der Waals surface area contributed by atoms with Crippen LogP contribution in [0.1, 0.15) is 21.6 Å². The van der Waals surface area contributed by atoms with Crippen LogP contribution >= 0.6 is 31.9 Å². The van der Waals surface area contributed by atoms with Crippen molar-refractivity contribution in [3.63, 3.8) is 0 Å². The highest BCUT2D eigenvalue weighted by atomic mass is 79.9. The van der Waals surface area contributed by atoms with Gasteiger partial charge >= 0.3 is 0 Å². The van der Waals surface area contributed by atoms with Crippen molar-refractivity contribution in [3.05, 3.63) is 86.6 Å². The normalized spacial score (nSPS) is 11.0. The number of rotatable bonds is 5. The number of hydrogen-bond acceptors (Lipinski definition) is 3. The van der Waals surface area contributed by atoms with Gasteiger partial charge in [0.2, 0.25) is 0 Å². The van der Waals surface area contributed by atoms with Gasteiger partial charge in [0.05, 0.1) is 12.8 Å². The van der Waals surface area contributed by atoms with Crippen molar-refractivity contribution in [3.8, 4) is 0 Å². The summed E-state index contributed by atoms with van der Waals surface area (Å²) in [7, 11) is 0. The lowest BCUT2D eigenvalue weighted by molar-refractivity contribution is 0.0949. The van der Waals surface area contributed by atoms with Crippen LogP contribution < -0.4 is 5.43 Å². The predicted octanol–water partition coefficient (Wildman–Crippen LogP) is 4.22. The van der Waals surface area contributed by atoms with Crippen molar-refractivity contribution in [2.24, 2.45) is 5.10 Å². The number of benzene rings is 2. The number of carbonyl (C=O) groups is 1. The number of amides is 1. The van der Waals surface area contributed by atoms with E-state index in [1.165, 1.54) is 0 Å². The number of nitrogens with one attached hydrogen (secondary N) is 1. The molecule has 0 saturated carbocycles. The number of hydrazone groups is 1. The topological polar surface area (TPSA) is 59.3 Å². The minimum Gasteiger partial charge on any atom is -0.268 e. The highest BCUT2D eigenvalue weighted by Crippen LogP contribution is 2.11. The first-order valence-electron chi connectivity index (χ1n) is 7.47. The van der Waals surface area contributed by atoms with Crippen molar-refractivity contribution in [1.29, 1.82) is 0 Å². The molecular weight excluding hydrogens is 448 g/mol. The van der Waals surface area contributed by atoms with Gasteiger partial charge in [-0.2, -0.15) is 10.2 Å². The highest BCUT2D eigenvalue weighted by molar-refractivity contribution is 9.10. The summed E-state index contributed by atoms with van der Waals surface area (Å²) in [6.45, 7) is 0.600. The van der Waals surface area contributed by atoms with Gasteiger partial charge in [-0.1, -0.05) is 56.1 Å². The molecule has 0 aliphatic carbocycles. The standard InChI is InChI=1S/C18H14Br2N4O/c19-15-5-1-13(2-6-15)11-21-22-18(25)17-9-10-24(23-17)12-14-3-7-16(20)8-4-14/h1-11H,12H2,(H,22,25)/b21-11-. The molecule has 0 fully saturated rings. The number of nitrogens with zero attached hydrogens (tertiary/aromatic N) is 3. The third kappa shape index (κ3) is 5.11. The molecule has 3 rings (SSSR count). The number of halogens is 2. The Morgan fingerprint density at radius 2 is 1.68 bits per heavy atom. The lowest BCUT2D eigenvalue weighted by Crippen LogP contribution is -2.18. The Morgan fingerprint density at radius 1 is 1.04 bits per heavy atom. The molecule has 0 unspecified atom stereocenters. The zero-order chi connectivity index (χ0) is 17.6. The maximum Gasteiger partial charge on any atom is 0.291 e. The van der Waals surface area contributed by atoms with E-state index in [0.717, 1.165) is 20.1 Å². The molecule has 0 aliphatic heterocycles. The Balaban J connectivity index is 1.58. The van der Waals surface area contributed by atoms with Crippen LogP contribution in [0.15, 0.2) is 74.8 Å². The zero-order valence-electron chi connectivity index (χ0n) is 13.1. The number of carbonyl (C=O) groups excluding carboxylic acids is 1. The monoisotopic (exact) mass is 460 g/mol. The van der Waals surface area contributed by atoms with Crippen molar-refractivity contribution in [2.45, 2.75) is 6.54 Å². The average molecular weight is 462 g/mol. The van der Waals surface area contributed by atoms with Crippen LogP contribution in [-0.4, -0.2) is 21.9 Å². The second kappa shape index (κ2) is 8.22. The minimum absolute atomic E-state index is 0.324. The second-order valence-corrected chi connectivity index (χ2v) is 7.11. The fraction of sp³-hybridized carbons (Fsp3) is 0.0556. The molecule has 3 aromatic rings. The van der Waals surface area contributed by atoms with E-state index in [9.17, 15) is 4.79 Å². The van der Waals surface area contributed by atoms with E-state index in [2.05, 4.69) is 47.5 Å². The van der Waals surface area contributed by atoms with E-state index in [1.807, 2.05) is 48.5 Å². The molecule has 5 nitrogen and oxygen atoms in total. The molecule has 1 amide bonds. The van der Waals surface area contributed by atoms with Crippen LogP contribution in [0.2, 0.25) is 0 Å². The Labute approximate surface area is 162 Å². The van der Waals surface area contributed by atoms with Crippen molar-refractivity contribution < 1.29 is 4.79 Å². The summed E-state index contributed by atoms with van der Waals surface area (Å²) in [4.78, 5) is 12.1. The van der Waals surface area contributed by atoms with E-state index in [0.29, 0.717) is 12.2 Å². The highest BCUT2D eigenvalue weighted by Gasteiger charge is 2.08. The molecule has 0 spiro atoms. The van der Waals surface area contributed by atoms with Crippen LogP contribution in [0, 0.1) is 0 Å². The minimum atomic E-state index is -0.345. The molecule has 0 bridgehead atoms. The molecule has 2 aromatic carbocycles. The van der Waals surface area contributed by atoms with Gasteiger partial charge in [-0.05, 0) is 41.5 Å². The molecule has 126 valence electrons. The number of hydrogen-bond donors (Lipinski definition) is 1. The first-order valence-corrected chi connectivity index (χ1v) is 9.05. The van der Waals surface area contributed by atoms with Crippen LogP contribution in [-0.2, 0) is 6.54 Å². The smallest absolute Gasteiger partial charge is 0.268 e. The quantitative estimate of drug-likeness (QED) is 0.456. The van der Waals surface area contributed by atoms with Gasteiger partial charge in [0, 0.05) is 15.1 Å². The molecule has 0 atom stereocenters. The van der Waals surface area contributed by atoms with Crippen molar-refractivity contribution in [2.75, 3.05) is 0 Å². The first kappa shape index (κ1) is 17.6. The van der Waals surface area contributed by atoms with Crippen molar-refractivity contribution in [1.82, 2.24) is 15.2 Å². The summed E-state index contributed by atoms with van der Waals surface area (Å²) in [5.74, 6) is -0.345.